The molecule has 1 aromatic carbocycles. The highest BCUT2D eigenvalue weighted by atomic mass is 16.5. The van der Waals surface area contributed by atoms with Gasteiger partial charge in [-0.3, -0.25) is 14.3 Å². The van der Waals surface area contributed by atoms with Crippen molar-refractivity contribution in [2.45, 2.75) is 19.4 Å². The van der Waals surface area contributed by atoms with Gasteiger partial charge in [0.1, 0.15) is 0 Å². The fraction of sp³-hybridized carbons (Fsp3) is 0.471. The number of fused-ring (bicyclic) bond motifs is 1. The number of ether oxygens (including phenoxy) is 2. The average molecular weight is 333 g/mol. The zero-order valence-electron chi connectivity index (χ0n) is 13.9. The number of carbonyl (C=O) groups is 1. The molecule has 1 N–H and O–H groups in total. The molecule has 0 atom stereocenters. The van der Waals surface area contributed by atoms with E-state index >= 15 is 0 Å². The van der Waals surface area contributed by atoms with Crippen molar-refractivity contribution in [3.05, 3.63) is 40.7 Å². The van der Waals surface area contributed by atoms with Crippen LogP contribution >= 0.6 is 0 Å². The normalized spacial score (nSPS) is 10.9. The van der Waals surface area contributed by atoms with Gasteiger partial charge in [0.15, 0.2) is 0 Å². The van der Waals surface area contributed by atoms with Crippen molar-refractivity contribution >= 4 is 16.8 Å². The van der Waals surface area contributed by atoms with Crippen molar-refractivity contribution in [3.63, 3.8) is 0 Å². The van der Waals surface area contributed by atoms with Gasteiger partial charge in [-0.2, -0.15) is 5.10 Å². The van der Waals surface area contributed by atoms with E-state index in [2.05, 4.69) is 10.4 Å². The Balaban J connectivity index is 1.75. The predicted octanol–water partition coefficient (Wildman–Crippen LogP) is 0.956. The third-order valence-corrected chi connectivity index (χ3v) is 3.53. The van der Waals surface area contributed by atoms with Gasteiger partial charge in [-0.05, 0) is 18.6 Å². The molecule has 2 rings (SSSR count). The highest BCUT2D eigenvalue weighted by Crippen LogP contribution is 2.08. The minimum atomic E-state index is -0.111. The minimum Gasteiger partial charge on any atom is -0.382 e. The molecule has 0 aliphatic carbocycles. The van der Waals surface area contributed by atoms with Crippen LogP contribution in [0.3, 0.4) is 0 Å². The lowest BCUT2D eigenvalue weighted by molar-refractivity contribution is -0.121. The van der Waals surface area contributed by atoms with Crippen LogP contribution in [0.5, 0.6) is 0 Å². The van der Waals surface area contributed by atoms with Crippen molar-refractivity contribution < 1.29 is 14.3 Å². The molecule has 0 fully saturated rings. The Morgan fingerprint density at radius 3 is 2.92 bits per heavy atom. The number of benzene rings is 1. The van der Waals surface area contributed by atoms with Crippen LogP contribution in [0.25, 0.3) is 10.9 Å². The summed E-state index contributed by atoms with van der Waals surface area (Å²) in [5.41, 5.74) is 0.629. The summed E-state index contributed by atoms with van der Waals surface area (Å²) in [5.74, 6) is -0.0449. The molecule has 7 heteroatoms. The number of amides is 1. The van der Waals surface area contributed by atoms with E-state index < -0.39 is 0 Å². The van der Waals surface area contributed by atoms with E-state index in [-0.39, 0.29) is 11.3 Å². The van der Waals surface area contributed by atoms with Gasteiger partial charge < -0.3 is 14.8 Å². The maximum Gasteiger partial charge on any atom is 0.221 e. The van der Waals surface area contributed by atoms with Crippen molar-refractivity contribution in [2.24, 2.45) is 0 Å². The molecular formula is C17H23N3O4. The van der Waals surface area contributed by atoms with Crippen LogP contribution in [0.1, 0.15) is 12.8 Å². The molecule has 24 heavy (non-hydrogen) atoms. The van der Waals surface area contributed by atoms with E-state index in [1.165, 1.54) is 6.20 Å². The first kappa shape index (κ1) is 18.1. The first-order chi connectivity index (χ1) is 11.7. The van der Waals surface area contributed by atoms with Crippen LogP contribution in [-0.4, -0.2) is 49.2 Å². The summed E-state index contributed by atoms with van der Waals surface area (Å²) in [6.45, 7) is 2.74. The lowest BCUT2D eigenvalue weighted by Crippen LogP contribution is -2.27. The molecule has 0 saturated heterocycles. The molecule has 1 heterocycles. The van der Waals surface area contributed by atoms with Crippen LogP contribution in [0.15, 0.2) is 35.3 Å². The Hall–Kier alpha value is -2.25. The van der Waals surface area contributed by atoms with E-state index in [1.54, 1.807) is 17.9 Å². The lowest BCUT2D eigenvalue weighted by Gasteiger charge is -2.09. The number of carbonyl (C=O) groups excluding carboxylic acids is 1. The summed E-state index contributed by atoms with van der Waals surface area (Å²) in [5, 5.41) is 7.57. The highest BCUT2D eigenvalue weighted by molar-refractivity contribution is 5.78. The van der Waals surface area contributed by atoms with E-state index in [9.17, 15) is 9.59 Å². The summed E-state index contributed by atoms with van der Waals surface area (Å²) in [7, 11) is 1.63. The van der Waals surface area contributed by atoms with Crippen LogP contribution in [0, 0.1) is 0 Å². The Morgan fingerprint density at radius 1 is 1.25 bits per heavy atom. The van der Waals surface area contributed by atoms with Crippen molar-refractivity contribution in [1.82, 2.24) is 15.1 Å². The number of nitrogens with one attached hydrogen (secondary N) is 1. The van der Waals surface area contributed by atoms with Gasteiger partial charge in [0.2, 0.25) is 11.3 Å². The number of aromatic nitrogens is 2. The maximum atomic E-state index is 11.9. The molecule has 0 aliphatic heterocycles. The zero-order chi connectivity index (χ0) is 17.2. The third-order valence-electron chi connectivity index (χ3n) is 3.53. The smallest absolute Gasteiger partial charge is 0.221 e. The molecule has 0 aliphatic rings. The second kappa shape index (κ2) is 9.79. The first-order valence-corrected chi connectivity index (χ1v) is 8.00. The summed E-state index contributed by atoms with van der Waals surface area (Å²) in [6.07, 6.45) is 2.36. The summed E-state index contributed by atoms with van der Waals surface area (Å²) in [4.78, 5) is 23.6. The fourth-order valence-corrected chi connectivity index (χ4v) is 2.28. The Kier molecular flexibility index (Phi) is 7.38. The Morgan fingerprint density at radius 2 is 2.08 bits per heavy atom. The Labute approximate surface area is 140 Å². The topological polar surface area (TPSA) is 82.4 Å². The predicted molar refractivity (Wildman–Crippen MR) is 90.9 cm³/mol. The number of hydrogen-bond donors (Lipinski definition) is 1. The molecular weight excluding hydrogens is 310 g/mol. The average Bonchev–Trinajstić information content (AvgIpc) is 2.60. The fourth-order valence-electron chi connectivity index (χ4n) is 2.28. The Bertz CT molecular complexity index is 714. The SMILES string of the molecule is COCCOCCCNC(=O)CCn1ncc(=O)c2ccccc21. The van der Waals surface area contributed by atoms with E-state index in [1.807, 2.05) is 18.2 Å². The summed E-state index contributed by atoms with van der Waals surface area (Å²) in [6, 6.07) is 7.26. The number of rotatable bonds is 10. The molecule has 0 saturated carbocycles. The van der Waals surface area contributed by atoms with Crippen LogP contribution in [0.4, 0.5) is 0 Å². The minimum absolute atomic E-state index is 0.0449. The van der Waals surface area contributed by atoms with Gasteiger partial charge in [0.05, 0.1) is 31.5 Å². The van der Waals surface area contributed by atoms with Gasteiger partial charge in [0, 0.05) is 32.1 Å². The summed E-state index contributed by atoms with van der Waals surface area (Å²) >= 11 is 0. The van der Waals surface area contributed by atoms with Crippen molar-refractivity contribution in [3.8, 4) is 0 Å². The molecule has 0 radical (unpaired) electrons. The number of hydrogen-bond acceptors (Lipinski definition) is 5. The third kappa shape index (κ3) is 5.43. The molecule has 130 valence electrons. The van der Waals surface area contributed by atoms with Crippen molar-refractivity contribution in [2.75, 3.05) is 33.5 Å². The number of nitrogens with zero attached hydrogens (tertiary/aromatic N) is 2. The van der Waals surface area contributed by atoms with Gasteiger partial charge >= 0.3 is 0 Å². The second-order valence-electron chi connectivity index (χ2n) is 5.31. The van der Waals surface area contributed by atoms with Gasteiger partial charge in [-0.1, -0.05) is 12.1 Å². The summed E-state index contributed by atoms with van der Waals surface area (Å²) < 4.78 is 11.9. The van der Waals surface area contributed by atoms with Gasteiger partial charge in [-0.15, -0.1) is 0 Å². The molecule has 7 nitrogen and oxygen atoms in total. The molecule has 0 spiro atoms. The van der Waals surface area contributed by atoms with Crippen LogP contribution in [0.2, 0.25) is 0 Å². The zero-order valence-corrected chi connectivity index (χ0v) is 13.9. The molecule has 1 amide bonds. The monoisotopic (exact) mass is 333 g/mol. The van der Waals surface area contributed by atoms with E-state index in [4.69, 9.17) is 9.47 Å². The second-order valence-corrected chi connectivity index (χ2v) is 5.31. The van der Waals surface area contributed by atoms with E-state index in [0.29, 0.717) is 44.7 Å². The quantitative estimate of drug-likeness (QED) is 0.655. The first-order valence-electron chi connectivity index (χ1n) is 8.00. The number of methoxy groups -OCH3 is 1. The molecule has 2 aromatic rings. The van der Waals surface area contributed by atoms with Gasteiger partial charge in [0.25, 0.3) is 0 Å². The molecule has 0 bridgehead atoms. The maximum absolute atomic E-state index is 11.9. The number of aryl methyl sites for hydroxylation is 1. The number of para-hydroxylation sites is 1. The van der Waals surface area contributed by atoms with Crippen LogP contribution < -0.4 is 10.7 Å². The van der Waals surface area contributed by atoms with Gasteiger partial charge in [-0.25, -0.2) is 0 Å². The van der Waals surface area contributed by atoms with E-state index in [0.717, 1.165) is 11.9 Å². The molecule has 1 aromatic heterocycles. The van der Waals surface area contributed by atoms with Crippen LogP contribution in [-0.2, 0) is 20.8 Å². The standard InChI is InChI=1S/C17H23N3O4/c1-23-11-12-24-10-4-8-18-17(22)7-9-20-15-6-3-2-5-14(15)16(21)13-19-20/h2-3,5-6,13H,4,7-12H2,1H3,(H,18,22). The lowest BCUT2D eigenvalue weighted by atomic mass is 10.2. The van der Waals surface area contributed by atoms with Crippen molar-refractivity contribution in [1.29, 1.82) is 0 Å². The molecule has 0 unspecified atom stereocenters. The highest BCUT2D eigenvalue weighted by Gasteiger charge is 2.06. The largest absolute Gasteiger partial charge is 0.382 e.